The fraction of sp³-hybridized carbons (Fsp3) is 0.333. The summed E-state index contributed by atoms with van der Waals surface area (Å²) in [7, 11) is 0. The molecule has 0 bridgehead atoms. The summed E-state index contributed by atoms with van der Waals surface area (Å²) in [5.74, 6) is -0.485. The molecule has 1 atom stereocenters. The van der Waals surface area contributed by atoms with Crippen LogP contribution < -0.4 is 0 Å². The zero-order valence-corrected chi connectivity index (χ0v) is 8.68. The van der Waals surface area contributed by atoms with Crippen molar-refractivity contribution in [1.82, 2.24) is 0 Å². The first-order valence-electron chi connectivity index (χ1n) is 5.14. The lowest BCUT2D eigenvalue weighted by Gasteiger charge is -2.08. The molecule has 1 fully saturated rings. The molecule has 1 saturated heterocycles. The van der Waals surface area contributed by atoms with Crippen molar-refractivity contribution in [2.75, 3.05) is 0 Å². The van der Waals surface area contributed by atoms with Gasteiger partial charge in [-0.25, -0.2) is 0 Å². The molecule has 1 heterocycles. The van der Waals surface area contributed by atoms with Crippen LogP contribution in [-0.4, -0.2) is 23.0 Å². The highest BCUT2D eigenvalue weighted by Crippen LogP contribution is 2.18. The number of aliphatic hydroxyl groups is 1. The Morgan fingerprint density at radius 2 is 2.06 bits per heavy atom. The van der Waals surface area contributed by atoms with Crippen LogP contribution in [0.1, 0.15) is 28.8 Å². The van der Waals surface area contributed by atoms with Crippen molar-refractivity contribution < 1.29 is 19.4 Å². The predicted octanol–water partition coefficient (Wildman–Crippen LogP) is 1.07. The van der Waals surface area contributed by atoms with E-state index in [2.05, 4.69) is 0 Å². The first-order chi connectivity index (χ1) is 7.70. The zero-order valence-electron chi connectivity index (χ0n) is 8.68. The van der Waals surface area contributed by atoms with Crippen molar-refractivity contribution in [3.05, 3.63) is 35.4 Å². The standard InChI is InChI=1S/C12H12O4/c13-7-8-1-3-9(4-2-8)12(15)10-5-6-11(14)16-10/h1-4,10,13H,5-7H2. The van der Waals surface area contributed by atoms with Gasteiger partial charge in [-0.1, -0.05) is 24.3 Å². The Morgan fingerprint density at radius 3 is 2.56 bits per heavy atom. The third-order valence-corrected chi connectivity index (χ3v) is 2.60. The van der Waals surface area contributed by atoms with Gasteiger partial charge in [-0.15, -0.1) is 0 Å². The van der Waals surface area contributed by atoms with Gasteiger partial charge in [0.1, 0.15) is 0 Å². The van der Waals surface area contributed by atoms with Crippen LogP contribution in [0.4, 0.5) is 0 Å². The highest BCUT2D eigenvalue weighted by atomic mass is 16.6. The number of hydrogen-bond donors (Lipinski definition) is 1. The Balaban J connectivity index is 2.11. The van der Waals surface area contributed by atoms with E-state index in [0.29, 0.717) is 18.4 Å². The SMILES string of the molecule is O=C1CCC(C(=O)c2ccc(CO)cc2)O1. The molecule has 1 aliphatic rings. The van der Waals surface area contributed by atoms with Crippen molar-refractivity contribution in [2.24, 2.45) is 0 Å². The lowest BCUT2D eigenvalue weighted by Crippen LogP contribution is -2.20. The minimum atomic E-state index is -0.632. The van der Waals surface area contributed by atoms with Crippen molar-refractivity contribution in [3.63, 3.8) is 0 Å². The van der Waals surface area contributed by atoms with E-state index in [1.54, 1.807) is 24.3 Å². The van der Waals surface area contributed by atoms with Crippen LogP contribution in [0, 0.1) is 0 Å². The van der Waals surface area contributed by atoms with Crippen molar-refractivity contribution in [1.29, 1.82) is 0 Å². The van der Waals surface area contributed by atoms with Crippen LogP contribution in [-0.2, 0) is 16.1 Å². The molecular formula is C12H12O4. The molecule has 1 unspecified atom stereocenters. The number of aliphatic hydroxyl groups excluding tert-OH is 1. The summed E-state index contributed by atoms with van der Waals surface area (Å²) >= 11 is 0. The number of ether oxygens (including phenoxy) is 1. The number of cyclic esters (lactones) is 1. The Bertz CT molecular complexity index is 408. The Morgan fingerprint density at radius 1 is 1.38 bits per heavy atom. The van der Waals surface area contributed by atoms with Gasteiger partial charge in [0.2, 0.25) is 5.78 Å². The van der Waals surface area contributed by atoms with Gasteiger partial charge in [-0.05, 0) is 5.56 Å². The van der Waals surface area contributed by atoms with Crippen molar-refractivity contribution in [3.8, 4) is 0 Å². The van der Waals surface area contributed by atoms with E-state index in [-0.39, 0.29) is 18.4 Å². The third kappa shape index (κ3) is 2.12. The topological polar surface area (TPSA) is 63.6 Å². The van der Waals surface area contributed by atoms with E-state index >= 15 is 0 Å². The minimum Gasteiger partial charge on any atom is -0.454 e. The molecule has 1 aliphatic heterocycles. The van der Waals surface area contributed by atoms with E-state index in [9.17, 15) is 9.59 Å². The van der Waals surface area contributed by atoms with E-state index < -0.39 is 6.10 Å². The van der Waals surface area contributed by atoms with Gasteiger partial charge in [0.25, 0.3) is 0 Å². The molecule has 16 heavy (non-hydrogen) atoms. The number of carbonyl (C=O) groups is 2. The molecule has 84 valence electrons. The maximum absolute atomic E-state index is 11.9. The Labute approximate surface area is 92.8 Å². The molecular weight excluding hydrogens is 208 g/mol. The second kappa shape index (κ2) is 4.45. The Kier molecular flexibility index (Phi) is 3.01. The van der Waals surface area contributed by atoms with Crippen LogP contribution in [0.3, 0.4) is 0 Å². The molecule has 1 aromatic carbocycles. The smallest absolute Gasteiger partial charge is 0.306 e. The lowest BCUT2D eigenvalue weighted by molar-refractivity contribution is -0.140. The second-order valence-electron chi connectivity index (χ2n) is 3.74. The molecule has 4 nitrogen and oxygen atoms in total. The minimum absolute atomic E-state index is 0.0487. The fourth-order valence-electron chi connectivity index (χ4n) is 1.67. The number of ketones is 1. The summed E-state index contributed by atoms with van der Waals surface area (Å²) in [5.41, 5.74) is 1.26. The van der Waals surface area contributed by atoms with Gasteiger partial charge in [-0.2, -0.15) is 0 Å². The van der Waals surface area contributed by atoms with Gasteiger partial charge >= 0.3 is 5.97 Å². The molecule has 0 amide bonds. The maximum atomic E-state index is 11.9. The lowest BCUT2D eigenvalue weighted by atomic mass is 10.0. The normalized spacial score (nSPS) is 19.6. The van der Waals surface area contributed by atoms with E-state index in [1.807, 2.05) is 0 Å². The monoisotopic (exact) mass is 220 g/mol. The molecule has 4 heteroatoms. The highest BCUT2D eigenvalue weighted by molar-refractivity contribution is 6.01. The summed E-state index contributed by atoms with van der Waals surface area (Å²) in [6, 6.07) is 6.65. The maximum Gasteiger partial charge on any atom is 0.306 e. The third-order valence-electron chi connectivity index (χ3n) is 2.60. The summed E-state index contributed by atoms with van der Waals surface area (Å²) < 4.78 is 4.90. The molecule has 0 saturated carbocycles. The molecule has 0 spiro atoms. The van der Waals surface area contributed by atoms with Crippen LogP contribution >= 0.6 is 0 Å². The molecule has 0 aliphatic carbocycles. The summed E-state index contributed by atoms with van der Waals surface area (Å²) in [6.07, 6.45) is 0.136. The average Bonchev–Trinajstić information content (AvgIpc) is 2.75. The number of esters is 1. The van der Waals surface area contributed by atoms with Crippen LogP contribution in [0.15, 0.2) is 24.3 Å². The molecule has 0 radical (unpaired) electrons. The largest absolute Gasteiger partial charge is 0.454 e. The molecule has 0 aromatic heterocycles. The number of rotatable bonds is 3. The molecule has 1 aromatic rings. The first-order valence-corrected chi connectivity index (χ1v) is 5.14. The number of hydrogen-bond acceptors (Lipinski definition) is 4. The van der Waals surface area contributed by atoms with Gasteiger partial charge in [0.15, 0.2) is 6.10 Å². The van der Waals surface area contributed by atoms with Crippen molar-refractivity contribution in [2.45, 2.75) is 25.6 Å². The average molecular weight is 220 g/mol. The number of benzene rings is 1. The van der Waals surface area contributed by atoms with E-state index in [1.165, 1.54) is 0 Å². The van der Waals surface area contributed by atoms with Gasteiger partial charge in [-0.3, -0.25) is 9.59 Å². The van der Waals surface area contributed by atoms with Gasteiger partial charge in [0.05, 0.1) is 6.61 Å². The molecule has 1 N–H and O–H groups in total. The van der Waals surface area contributed by atoms with Gasteiger partial charge < -0.3 is 9.84 Å². The number of carbonyl (C=O) groups excluding carboxylic acids is 2. The zero-order chi connectivity index (χ0) is 11.5. The van der Waals surface area contributed by atoms with E-state index in [4.69, 9.17) is 9.84 Å². The second-order valence-corrected chi connectivity index (χ2v) is 3.74. The van der Waals surface area contributed by atoms with Crippen molar-refractivity contribution >= 4 is 11.8 Å². The predicted molar refractivity (Wildman–Crippen MR) is 55.8 cm³/mol. The van der Waals surface area contributed by atoms with Crippen LogP contribution in [0.2, 0.25) is 0 Å². The Hall–Kier alpha value is -1.68. The van der Waals surface area contributed by atoms with E-state index in [0.717, 1.165) is 5.56 Å². The fourth-order valence-corrected chi connectivity index (χ4v) is 1.67. The number of Topliss-reactive ketones (excluding diaryl/α,β-unsaturated/α-hetero) is 1. The summed E-state index contributed by atoms with van der Waals surface area (Å²) in [6.45, 7) is -0.0487. The molecule has 2 rings (SSSR count). The summed E-state index contributed by atoms with van der Waals surface area (Å²) in [4.78, 5) is 22.7. The van der Waals surface area contributed by atoms with Gasteiger partial charge in [0, 0.05) is 18.4 Å². The first kappa shape index (κ1) is 10.8. The highest BCUT2D eigenvalue weighted by Gasteiger charge is 2.30. The summed E-state index contributed by atoms with van der Waals surface area (Å²) in [5, 5.41) is 8.86. The van der Waals surface area contributed by atoms with Crippen LogP contribution in [0.5, 0.6) is 0 Å². The quantitative estimate of drug-likeness (QED) is 0.611. The van der Waals surface area contributed by atoms with Crippen LogP contribution in [0.25, 0.3) is 0 Å².